The van der Waals surface area contributed by atoms with E-state index >= 15 is 0 Å². The van der Waals surface area contributed by atoms with Gasteiger partial charge >= 0.3 is 0 Å². The van der Waals surface area contributed by atoms with E-state index in [1.54, 1.807) is 11.3 Å². The van der Waals surface area contributed by atoms with E-state index in [-0.39, 0.29) is 0 Å². The molecular formula is C48H27N5S. The van der Waals surface area contributed by atoms with E-state index in [9.17, 15) is 10.5 Å². The normalized spacial score (nSPS) is 11.3. The highest BCUT2D eigenvalue weighted by Crippen LogP contribution is 2.46. The van der Waals surface area contributed by atoms with Crippen LogP contribution in [0.4, 0.5) is 0 Å². The maximum Gasteiger partial charge on any atom is 0.160 e. The molecule has 5 nitrogen and oxygen atoms in total. The van der Waals surface area contributed by atoms with Gasteiger partial charge in [0.1, 0.15) is 0 Å². The first kappa shape index (κ1) is 31.4. The largest absolute Gasteiger partial charge is 0.308 e. The minimum Gasteiger partial charge on any atom is -0.308 e. The summed E-state index contributed by atoms with van der Waals surface area (Å²) >= 11 is 1.72. The van der Waals surface area contributed by atoms with Gasteiger partial charge in [-0.15, -0.1) is 11.3 Å². The average Bonchev–Trinajstić information content (AvgIpc) is 3.78. The molecule has 0 N–H and O–H groups in total. The molecule has 54 heavy (non-hydrogen) atoms. The van der Waals surface area contributed by atoms with Crippen LogP contribution < -0.4 is 0 Å². The minimum atomic E-state index is 0.566. The van der Waals surface area contributed by atoms with E-state index < -0.39 is 0 Å². The number of fused-ring (bicyclic) bond motifs is 6. The van der Waals surface area contributed by atoms with E-state index in [2.05, 4.69) is 114 Å². The van der Waals surface area contributed by atoms with Crippen LogP contribution in [0.25, 0.3) is 92.7 Å². The molecule has 0 aliphatic rings. The third kappa shape index (κ3) is 5.05. The fourth-order valence-corrected chi connectivity index (χ4v) is 8.75. The topological polar surface area (TPSA) is 78.3 Å². The highest BCUT2D eigenvalue weighted by atomic mass is 32.1. The molecule has 0 radical (unpaired) electrons. The molecule has 0 aliphatic carbocycles. The Bertz CT molecular complexity index is 3040. The van der Waals surface area contributed by atoms with E-state index in [0.717, 1.165) is 86.9 Å². The first-order valence-electron chi connectivity index (χ1n) is 17.6. The van der Waals surface area contributed by atoms with Gasteiger partial charge in [-0.25, -0.2) is 9.97 Å². The Morgan fingerprint density at radius 3 is 1.56 bits per heavy atom. The lowest BCUT2D eigenvalue weighted by Gasteiger charge is -2.21. The molecule has 0 aliphatic heterocycles. The van der Waals surface area contributed by atoms with Crippen molar-refractivity contribution in [3.8, 4) is 62.7 Å². The van der Waals surface area contributed by atoms with Crippen molar-refractivity contribution in [2.45, 2.75) is 0 Å². The summed E-state index contributed by atoms with van der Waals surface area (Å²) in [4.78, 5) is 10.6. The highest BCUT2D eigenvalue weighted by molar-refractivity contribution is 7.26. The van der Waals surface area contributed by atoms with Crippen LogP contribution in [-0.4, -0.2) is 14.5 Å². The van der Waals surface area contributed by atoms with Crippen LogP contribution in [0, 0.1) is 22.7 Å². The van der Waals surface area contributed by atoms with Gasteiger partial charge in [-0.1, -0.05) is 109 Å². The molecular weight excluding hydrogens is 679 g/mol. The van der Waals surface area contributed by atoms with Crippen molar-refractivity contribution < 1.29 is 0 Å². The number of thiophene rings is 1. The molecule has 0 saturated heterocycles. The SMILES string of the molecule is N#Cc1ccc2c(c1)c1cc(C#N)ccc1n2-c1c(-c2ccccc2)cc(-c2nc(-c3ccccc3)nc3c2sc2ccccc23)cc1-c1ccccc1. The molecule has 0 amide bonds. The van der Waals surface area contributed by atoms with Crippen LogP contribution in [0.5, 0.6) is 0 Å². The minimum absolute atomic E-state index is 0.566. The predicted octanol–water partition coefficient (Wildman–Crippen LogP) is 12.4. The molecule has 6 heteroatoms. The standard InChI is InChI=1S/C48H27N5S/c49-28-30-20-22-41-39(24-30)40-25-31(29-50)21-23-42(40)53(41)46-37(32-12-4-1-5-13-32)26-35(27-38(46)33-14-6-2-7-15-33)44-47-45(36-18-10-11-19-43(36)54-47)52-48(51-44)34-16-8-3-9-17-34/h1-27H. The summed E-state index contributed by atoms with van der Waals surface area (Å²) in [6, 6.07) is 60.4. The fraction of sp³-hybridized carbons (Fsp3) is 0. The number of benzene rings is 7. The Balaban J connectivity index is 1.37. The third-order valence-corrected chi connectivity index (χ3v) is 11.2. The van der Waals surface area contributed by atoms with Gasteiger partial charge in [-0.05, 0) is 65.7 Å². The molecule has 0 fully saturated rings. The molecule has 3 heterocycles. The summed E-state index contributed by atoms with van der Waals surface area (Å²) in [6.45, 7) is 0. The summed E-state index contributed by atoms with van der Waals surface area (Å²) < 4.78 is 4.49. The maximum absolute atomic E-state index is 9.91. The zero-order chi connectivity index (χ0) is 36.2. The first-order valence-corrected chi connectivity index (χ1v) is 18.4. The van der Waals surface area contributed by atoms with Crippen molar-refractivity contribution in [2.24, 2.45) is 0 Å². The summed E-state index contributed by atoms with van der Waals surface area (Å²) in [6.07, 6.45) is 0. The lowest BCUT2D eigenvalue weighted by molar-refractivity contribution is 1.18. The van der Waals surface area contributed by atoms with Gasteiger partial charge in [0.15, 0.2) is 5.82 Å². The Morgan fingerprint density at radius 1 is 0.481 bits per heavy atom. The number of hydrogen-bond donors (Lipinski definition) is 0. The molecule has 0 unspecified atom stereocenters. The lowest BCUT2D eigenvalue weighted by atomic mass is 9.91. The van der Waals surface area contributed by atoms with Gasteiger partial charge in [-0.3, -0.25) is 0 Å². The molecule has 0 bridgehead atoms. The molecule has 10 rings (SSSR count). The van der Waals surface area contributed by atoms with Gasteiger partial charge in [0.2, 0.25) is 0 Å². The highest BCUT2D eigenvalue weighted by Gasteiger charge is 2.24. The van der Waals surface area contributed by atoms with Crippen molar-refractivity contribution in [1.82, 2.24) is 14.5 Å². The zero-order valence-electron chi connectivity index (χ0n) is 28.7. The van der Waals surface area contributed by atoms with Crippen LogP contribution in [0.15, 0.2) is 164 Å². The van der Waals surface area contributed by atoms with Crippen LogP contribution in [0.3, 0.4) is 0 Å². The summed E-state index contributed by atoms with van der Waals surface area (Å²) in [5, 5.41) is 22.8. The second-order valence-electron chi connectivity index (χ2n) is 13.2. The van der Waals surface area contributed by atoms with Crippen LogP contribution >= 0.6 is 11.3 Å². The van der Waals surface area contributed by atoms with Gasteiger partial charge in [0.25, 0.3) is 0 Å². The Hall–Kier alpha value is -7.38. The second-order valence-corrected chi connectivity index (χ2v) is 14.3. The van der Waals surface area contributed by atoms with Crippen molar-refractivity contribution in [2.75, 3.05) is 0 Å². The van der Waals surface area contributed by atoms with Gasteiger partial charge in [-0.2, -0.15) is 10.5 Å². The number of nitriles is 2. The van der Waals surface area contributed by atoms with Gasteiger partial charge in [0.05, 0.1) is 55.9 Å². The van der Waals surface area contributed by atoms with Crippen molar-refractivity contribution in [1.29, 1.82) is 10.5 Å². The van der Waals surface area contributed by atoms with Crippen molar-refractivity contribution >= 4 is 53.4 Å². The smallest absolute Gasteiger partial charge is 0.160 e. The van der Waals surface area contributed by atoms with Crippen LogP contribution in [-0.2, 0) is 0 Å². The van der Waals surface area contributed by atoms with E-state index in [0.29, 0.717) is 17.0 Å². The summed E-state index contributed by atoms with van der Waals surface area (Å²) in [7, 11) is 0. The quantitative estimate of drug-likeness (QED) is 0.179. The van der Waals surface area contributed by atoms with Gasteiger partial charge < -0.3 is 4.57 Å². The van der Waals surface area contributed by atoms with Crippen molar-refractivity contribution in [3.05, 3.63) is 175 Å². The van der Waals surface area contributed by atoms with E-state index in [4.69, 9.17) is 9.97 Å². The van der Waals surface area contributed by atoms with Gasteiger partial charge in [0, 0.05) is 43.1 Å². The van der Waals surface area contributed by atoms with E-state index in [1.807, 2.05) is 66.7 Å². The van der Waals surface area contributed by atoms with E-state index in [1.165, 1.54) is 0 Å². The van der Waals surface area contributed by atoms with Crippen molar-refractivity contribution in [3.63, 3.8) is 0 Å². The van der Waals surface area contributed by atoms with Crippen LogP contribution in [0.2, 0.25) is 0 Å². The third-order valence-electron chi connectivity index (χ3n) is 10.1. The summed E-state index contributed by atoms with van der Waals surface area (Å²) in [5.74, 6) is 0.678. The molecule has 7 aromatic carbocycles. The Kier molecular flexibility index (Phi) is 7.37. The Morgan fingerprint density at radius 2 is 1.00 bits per heavy atom. The number of hydrogen-bond acceptors (Lipinski definition) is 5. The molecule has 10 aromatic rings. The second kappa shape index (κ2) is 12.7. The summed E-state index contributed by atoms with van der Waals surface area (Å²) in [5.41, 5.74) is 11.9. The lowest BCUT2D eigenvalue weighted by Crippen LogP contribution is -2.02. The molecule has 0 saturated carbocycles. The predicted molar refractivity (Wildman–Crippen MR) is 220 cm³/mol. The van der Waals surface area contributed by atoms with Crippen LogP contribution in [0.1, 0.15) is 11.1 Å². The molecule has 250 valence electrons. The number of rotatable bonds is 5. The first-order chi connectivity index (χ1) is 26.7. The molecule has 0 atom stereocenters. The maximum atomic E-state index is 9.91. The zero-order valence-corrected chi connectivity index (χ0v) is 29.5. The molecule has 3 aromatic heterocycles. The Labute approximate surface area is 314 Å². The monoisotopic (exact) mass is 705 g/mol. The average molecular weight is 706 g/mol. The fourth-order valence-electron chi connectivity index (χ4n) is 7.59. The number of aromatic nitrogens is 3. The number of nitrogens with zero attached hydrogens (tertiary/aromatic N) is 5. The molecule has 0 spiro atoms.